The fourth-order valence-electron chi connectivity index (χ4n) is 2.66. The summed E-state index contributed by atoms with van der Waals surface area (Å²) >= 11 is 3.15. The van der Waals surface area contributed by atoms with E-state index in [0.29, 0.717) is 0 Å². The maximum Gasteiger partial charge on any atom is 0.248 e. The summed E-state index contributed by atoms with van der Waals surface area (Å²) in [6.07, 6.45) is 4.60. The van der Waals surface area contributed by atoms with E-state index in [2.05, 4.69) is 20.8 Å². The fraction of sp³-hybridized carbons (Fsp3) is 0.467. The number of amides is 2. The van der Waals surface area contributed by atoms with Gasteiger partial charge in [-0.2, -0.15) is 0 Å². The Bertz CT molecular complexity index is 772. The molecule has 6 nitrogen and oxygen atoms in total. The molecular formula is C15H18N4O2S2. The molecule has 0 bridgehead atoms. The SMILES string of the molecule is CC(=O)NNC(=O)CSc1nc(C)nc2sc3c(c12)CCCC3. The zero-order valence-electron chi connectivity index (χ0n) is 13.1. The average molecular weight is 350 g/mol. The first-order valence-electron chi connectivity index (χ1n) is 7.51. The Kier molecular flexibility index (Phi) is 4.82. The van der Waals surface area contributed by atoms with Crippen molar-refractivity contribution in [2.75, 3.05) is 5.75 Å². The second kappa shape index (κ2) is 6.84. The first kappa shape index (κ1) is 16.2. The van der Waals surface area contributed by atoms with Crippen molar-refractivity contribution in [1.29, 1.82) is 0 Å². The number of hydrogen-bond donors (Lipinski definition) is 2. The lowest BCUT2D eigenvalue weighted by atomic mass is 9.97. The van der Waals surface area contributed by atoms with Gasteiger partial charge in [-0.25, -0.2) is 9.97 Å². The van der Waals surface area contributed by atoms with Gasteiger partial charge < -0.3 is 0 Å². The molecule has 0 saturated carbocycles. The van der Waals surface area contributed by atoms with Crippen LogP contribution in [0.15, 0.2) is 5.03 Å². The Morgan fingerprint density at radius 1 is 1.22 bits per heavy atom. The number of thioether (sulfide) groups is 1. The summed E-state index contributed by atoms with van der Waals surface area (Å²) in [7, 11) is 0. The number of thiophene rings is 1. The molecule has 8 heteroatoms. The number of aromatic nitrogens is 2. The second-order valence-electron chi connectivity index (χ2n) is 5.49. The smallest absolute Gasteiger partial charge is 0.248 e. The molecule has 0 aromatic carbocycles. The Morgan fingerprint density at radius 2 is 2.00 bits per heavy atom. The lowest BCUT2D eigenvalue weighted by Crippen LogP contribution is -2.41. The Morgan fingerprint density at radius 3 is 2.78 bits per heavy atom. The summed E-state index contributed by atoms with van der Waals surface area (Å²) in [4.78, 5) is 34.1. The standard InChI is InChI=1S/C15H18N4O2S2/c1-8-16-14(22-7-12(21)19-18-9(2)20)13-10-5-3-4-6-11(10)23-15(13)17-8/h3-7H2,1-2H3,(H,18,20)(H,19,21). The minimum Gasteiger partial charge on any atom is -0.274 e. The monoisotopic (exact) mass is 350 g/mol. The summed E-state index contributed by atoms with van der Waals surface area (Å²) in [5.74, 6) is 0.381. The van der Waals surface area contributed by atoms with Crippen molar-refractivity contribution in [1.82, 2.24) is 20.8 Å². The first-order chi connectivity index (χ1) is 11.0. The molecule has 2 amide bonds. The molecule has 0 unspecified atom stereocenters. The lowest BCUT2D eigenvalue weighted by molar-refractivity contribution is -0.126. The van der Waals surface area contributed by atoms with E-state index < -0.39 is 0 Å². The van der Waals surface area contributed by atoms with Crippen LogP contribution in [-0.2, 0) is 22.4 Å². The normalized spacial score (nSPS) is 13.7. The largest absolute Gasteiger partial charge is 0.274 e. The number of hydrogen-bond acceptors (Lipinski definition) is 6. The molecule has 2 N–H and O–H groups in total. The summed E-state index contributed by atoms with van der Waals surface area (Å²) in [5, 5.41) is 1.98. The zero-order valence-corrected chi connectivity index (χ0v) is 14.7. The maximum atomic E-state index is 11.8. The molecule has 1 aliphatic rings. The molecule has 0 aliphatic heterocycles. The van der Waals surface area contributed by atoms with Gasteiger partial charge >= 0.3 is 0 Å². The van der Waals surface area contributed by atoms with Crippen LogP contribution in [0.3, 0.4) is 0 Å². The summed E-state index contributed by atoms with van der Waals surface area (Å²) < 4.78 is 0. The number of nitrogens with one attached hydrogen (secondary N) is 2. The van der Waals surface area contributed by atoms with E-state index in [1.54, 1.807) is 11.3 Å². The van der Waals surface area contributed by atoms with Crippen LogP contribution in [0.25, 0.3) is 10.2 Å². The molecular weight excluding hydrogens is 332 g/mol. The van der Waals surface area contributed by atoms with Gasteiger partial charge in [0.1, 0.15) is 15.7 Å². The number of rotatable bonds is 3. The van der Waals surface area contributed by atoms with E-state index in [0.717, 1.165) is 33.9 Å². The van der Waals surface area contributed by atoms with Gasteiger partial charge in [0.15, 0.2) is 0 Å². The molecule has 2 aromatic heterocycles. The van der Waals surface area contributed by atoms with Crippen molar-refractivity contribution in [2.24, 2.45) is 0 Å². The van der Waals surface area contributed by atoms with Crippen molar-refractivity contribution < 1.29 is 9.59 Å². The van der Waals surface area contributed by atoms with E-state index in [-0.39, 0.29) is 17.6 Å². The Hall–Kier alpha value is -1.67. The van der Waals surface area contributed by atoms with Crippen LogP contribution < -0.4 is 10.9 Å². The molecule has 0 fully saturated rings. The maximum absolute atomic E-state index is 11.8. The predicted octanol–water partition coefficient (Wildman–Crippen LogP) is 2.14. The van der Waals surface area contributed by atoms with Gasteiger partial charge in [-0.15, -0.1) is 11.3 Å². The molecule has 2 heterocycles. The fourth-order valence-corrected chi connectivity index (χ4v) is 4.93. The number of carbonyl (C=O) groups excluding carboxylic acids is 2. The van der Waals surface area contributed by atoms with Crippen molar-refractivity contribution in [3.05, 3.63) is 16.3 Å². The van der Waals surface area contributed by atoms with Crippen LogP contribution >= 0.6 is 23.1 Å². The number of nitrogens with zero attached hydrogens (tertiary/aromatic N) is 2. The minimum absolute atomic E-state index is 0.205. The van der Waals surface area contributed by atoms with Gasteiger partial charge in [-0.3, -0.25) is 20.4 Å². The van der Waals surface area contributed by atoms with E-state index in [9.17, 15) is 9.59 Å². The van der Waals surface area contributed by atoms with Crippen LogP contribution in [0.4, 0.5) is 0 Å². The lowest BCUT2D eigenvalue weighted by Gasteiger charge is -2.11. The quantitative estimate of drug-likeness (QED) is 0.503. The van der Waals surface area contributed by atoms with Crippen LogP contribution in [0.5, 0.6) is 0 Å². The number of hydrazine groups is 1. The number of fused-ring (bicyclic) bond motifs is 3. The minimum atomic E-state index is -0.296. The summed E-state index contributed by atoms with van der Waals surface area (Å²) in [6, 6.07) is 0. The molecule has 0 radical (unpaired) electrons. The van der Waals surface area contributed by atoms with Crippen molar-refractivity contribution in [3.8, 4) is 0 Å². The summed E-state index contributed by atoms with van der Waals surface area (Å²) in [6.45, 7) is 3.22. The third-order valence-electron chi connectivity index (χ3n) is 3.61. The molecule has 122 valence electrons. The van der Waals surface area contributed by atoms with Crippen molar-refractivity contribution >= 4 is 45.1 Å². The zero-order chi connectivity index (χ0) is 16.4. The van der Waals surface area contributed by atoms with Gasteiger partial charge in [0, 0.05) is 17.2 Å². The van der Waals surface area contributed by atoms with E-state index in [4.69, 9.17) is 0 Å². The molecule has 3 rings (SSSR count). The Balaban J connectivity index is 1.83. The highest BCUT2D eigenvalue weighted by atomic mass is 32.2. The number of carbonyl (C=O) groups is 2. The van der Waals surface area contributed by atoms with Gasteiger partial charge in [0.25, 0.3) is 0 Å². The molecule has 2 aromatic rings. The van der Waals surface area contributed by atoms with Gasteiger partial charge in [-0.05, 0) is 38.2 Å². The van der Waals surface area contributed by atoms with E-state index >= 15 is 0 Å². The van der Waals surface area contributed by atoms with E-state index in [1.807, 2.05) is 6.92 Å². The van der Waals surface area contributed by atoms with Crippen LogP contribution in [-0.4, -0.2) is 27.5 Å². The highest BCUT2D eigenvalue weighted by Crippen LogP contribution is 2.39. The molecule has 23 heavy (non-hydrogen) atoms. The van der Waals surface area contributed by atoms with Crippen LogP contribution in [0, 0.1) is 6.92 Å². The highest BCUT2D eigenvalue weighted by molar-refractivity contribution is 8.00. The van der Waals surface area contributed by atoms with Gasteiger partial charge in [0.2, 0.25) is 11.8 Å². The molecule has 0 spiro atoms. The highest BCUT2D eigenvalue weighted by Gasteiger charge is 2.21. The average Bonchev–Trinajstić information content (AvgIpc) is 2.88. The topological polar surface area (TPSA) is 84.0 Å². The van der Waals surface area contributed by atoms with Crippen molar-refractivity contribution in [2.45, 2.75) is 44.6 Å². The van der Waals surface area contributed by atoms with E-state index in [1.165, 1.54) is 42.0 Å². The predicted molar refractivity (Wildman–Crippen MR) is 91.5 cm³/mol. The summed E-state index contributed by atoms with van der Waals surface area (Å²) in [5.41, 5.74) is 6.03. The molecule has 0 atom stereocenters. The van der Waals surface area contributed by atoms with Crippen LogP contribution in [0.1, 0.15) is 36.0 Å². The van der Waals surface area contributed by atoms with Gasteiger partial charge in [0.05, 0.1) is 5.75 Å². The van der Waals surface area contributed by atoms with Gasteiger partial charge in [-0.1, -0.05) is 11.8 Å². The second-order valence-corrected chi connectivity index (χ2v) is 7.53. The van der Waals surface area contributed by atoms with Crippen molar-refractivity contribution in [3.63, 3.8) is 0 Å². The Labute approximate surface area is 142 Å². The third kappa shape index (κ3) is 3.64. The van der Waals surface area contributed by atoms with Crippen LogP contribution in [0.2, 0.25) is 0 Å². The first-order valence-corrected chi connectivity index (χ1v) is 9.32. The molecule has 1 aliphatic carbocycles. The molecule has 0 saturated heterocycles. The third-order valence-corrected chi connectivity index (χ3v) is 5.77. The number of aryl methyl sites for hydroxylation is 3.